The molecule has 0 rings (SSSR count). The zero-order valence-corrected chi connectivity index (χ0v) is 10.4. The van der Waals surface area contributed by atoms with Gasteiger partial charge in [0.25, 0.3) is 0 Å². The van der Waals surface area contributed by atoms with Crippen LogP contribution < -0.4 is 10.6 Å². The van der Waals surface area contributed by atoms with Crippen LogP contribution >= 0.6 is 0 Å². The van der Waals surface area contributed by atoms with Crippen molar-refractivity contribution in [1.82, 2.24) is 10.6 Å². The molecule has 0 saturated carbocycles. The second-order valence-electron chi connectivity index (χ2n) is 3.60. The minimum atomic E-state index is -2.96. The number of sulfone groups is 1. The summed E-state index contributed by atoms with van der Waals surface area (Å²) in [5.41, 5.74) is 0. The predicted molar refractivity (Wildman–Crippen MR) is 60.5 cm³/mol. The summed E-state index contributed by atoms with van der Waals surface area (Å²) in [6.45, 7) is 4.64. The molecular weight excluding hydrogens is 216 g/mol. The van der Waals surface area contributed by atoms with Crippen LogP contribution in [0.25, 0.3) is 0 Å². The summed E-state index contributed by atoms with van der Waals surface area (Å²) in [6.07, 6.45) is 2.07. The van der Waals surface area contributed by atoms with Crippen LogP contribution in [0.2, 0.25) is 0 Å². The van der Waals surface area contributed by atoms with Crippen LogP contribution in [0.1, 0.15) is 20.3 Å². The van der Waals surface area contributed by atoms with E-state index >= 15 is 0 Å². The van der Waals surface area contributed by atoms with E-state index in [9.17, 15) is 13.2 Å². The molecule has 0 saturated heterocycles. The summed E-state index contributed by atoms with van der Waals surface area (Å²) >= 11 is 0. The molecule has 0 spiro atoms. The van der Waals surface area contributed by atoms with Crippen molar-refractivity contribution >= 4 is 15.7 Å². The summed E-state index contributed by atoms with van der Waals surface area (Å²) in [5.74, 6) is -0.0383. The van der Waals surface area contributed by atoms with Crippen molar-refractivity contribution in [2.45, 2.75) is 26.3 Å². The summed E-state index contributed by atoms with van der Waals surface area (Å²) in [4.78, 5) is 11.3. The van der Waals surface area contributed by atoms with Crippen molar-refractivity contribution in [3.05, 3.63) is 0 Å². The second kappa shape index (κ2) is 6.79. The molecule has 0 aliphatic carbocycles. The van der Waals surface area contributed by atoms with Crippen LogP contribution in [-0.4, -0.2) is 45.5 Å². The maximum atomic E-state index is 11.3. The zero-order chi connectivity index (χ0) is 11.9. The number of nitrogens with one attached hydrogen (secondary N) is 2. The van der Waals surface area contributed by atoms with E-state index < -0.39 is 9.84 Å². The van der Waals surface area contributed by atoms with Gasteiger partial charge >= 0.3 is 0 Å². The van der Waals surface area contributed by atoms with Crippen LogP contribution in [0.4, 0.5) is 0 Å². The van der Waals surface area contributed by atoms with Crippen LogP contribution in [0.5, 0.6) is 0 Å². The molecule has 0 aliphatic rings. The van der Waals surface area contributed by atoms with Gasteiger partial charge in [0.05, 0.1) is 11.8 Å². The van der Waals surface area contributed by atoms with E-state index in [1.54, 1.807) is 6.92 Å². The van der Waals surface area contributed by atoms with Crippen molar-refractivity contribution in [2.24, 2.45) is 0 Å². The Bertz CT molecular complexity index is 288. The molecule has 1 atom stereocenters. The van der Waals surface area contributed by atoms with Crippen LogP contribution in [0, 0.1) is 0 Å². The van der Waals surface area contributed by atoms with Gasteiger partial charge in [-0.25, -0.2) is 8.42 Å². The smallest absolute Gasteiger partial charge is 0.236 e. The summed E-state index contributed by atoms with van der Waals surface area (Å²) in [7, 11) is -2.96. The highest BCUT2D eigenvalue weighted by Crippen LogP contribution is 1.85. The molecular formula is C9H20N2O3S. The highest BCUT2D eigenvalue weighted by atomic mass is 32.2. The van der Waals surface area contributed by atoms with Gasteiger partial charge in [-0.3, -0.25) is 4.79 Å². The van der Waals surface area contributed by atoms with Gasteiger partial charge in [0.2, 0.25) is 5.91 Å². The lowest BCUT2D eigenvalue weighted by Crippen LogP contribution is -2.43. The molecule has 6 heteroatoms. The highest BCUT2D eigenvalue weighted by molar-refractivity contribution is 7.90. The fraction of sp³-hybridized carbons (Fsp3) is 0.889. The second-order valence-corrected chi connectivity index (χ2v) is 5.86. The average Bonchev–Trinajstić information content (AvgIpc) is 2.11. The minimum Gasteiger partial charge on any atom is -0.355 e. The number of carbonyl (C=O) groups excluding carboxylic acids is 1. The molecule has 0 aromatic rings. The van der Waals surface area contributed by atoms with Crippen LogP contribution in [0.15, 0.2) is 0 Å². The number of carbonyl (C=O) groups is 1. The molecule has 0 bridgehead atoms. The van der Waals surface area contributed by atoms with E-state index in [2.05, 4.69) is 10.6 Å². The van der Waals surface area contributed by atoms with Crippen LogP contribution in [0.3, 0.4) is 0 Å². The molecule has 0 aliphatic heterocycles. The molecule has 5 nitrogen and oxygen atoms in total. The quantitative estimate of drug-likeness (QED) is 0.627. The SMILES string of the molecule is CCCNC(=O)C(C)NCCS(C)(=O)=O. The first-order valence-corrected chi connectivity index (χ1v) is 7.11. The van der Waals surface area contributed by atoms with E-state index in [-0.39, 0.29) is 17.7 Å². The molecule has 0 aromatic heterocycles. The monoisotopic (exact) mass is 236 g/mol. The first kappa shape index (κ1) is 14.4. The van der Waals surface area contributed by atoms with Gasteiger partial charge in [-0.05, 0) is 13.3 Å². The lowest BCUT2D eigenvalue weighted by atomic mass is 10.3. The largest absolute Gasteiger partial charge is 0.355 e. The Kier molecular flexibility index (Phi) is 6.51. The first-order valence-electron chi connectivity index (χ1n) is 5.05. The Balaban J connectivity index is 3.74. The molecule has 0 heterocycles. The molecule has 0 radical (unpaired) electrons. The maximum Gasteiger partial charge on any atom is 0.236 e. The predicted octanol–water partition coefficient (Wildman–Crippen LogP) is -0.465. The number of hydrogen-bond donors (Lipinski definition) is 2. The molecule has 90 valence electrons. The first-order chi connectivity index (χ1) is 6.87. The summed E-state index contributed by atoms with van der Waals surface area (Å²) in [5, 5.41) is 5.59. The third kappa shape index (κ3) is 8.38. The van der Waals surface area contributed by atoms with Gasteiger partial charge in [0.15, 0.2) is 0 Å². The van der Waals surface area contributed by atoms with Gasteiger partial charge in [-0.1, -0.05) is 6.92 Å². The third-order valence-corrected chi connectivity index (χ3v) is 2.81. The minimum absolute atomic E-state index is 0.0540. The Labute approximate surface area is 91.5 Å². The van der Waals surface area contributed by atoms with E-state index in [0.717, 1.165) is 6.42 Å². The Morgan fingerprint density at radius 2 is 1.93 bits per heavy atom. The van der Waals surface area contributed by atoms with Crippen LogP contribution in [-0.2, 0) is 14.6 Å². The average molecular weight is 236 g/mol. The summed E-state index contributed by atoms with van der Waals surface area (Å²) < 4.78 is 21.6. The van der Waals surface area contributed by atoms with E-state index in [0.29, 0.717) is 13.1 Å². The van der Waals surface area contributed by atoms with Gasteiger partial charge in [0.1, 0.15) is 9.84 Å². The van der Waals surface area contributed by atoms with E-state index in [1.165, 1.54) is 6.26 Å². The Morgan fingerprint density at radius 3 is 2.40 bits per heavy atom. The van der Waals surface area contributed by atoms with Gasteiger partial charge in [0, 0.05) is 19.3 Å². The number of hydrogen-bond acceptors (Lipinski definition) is 4. The standard InChI is InChI=1S/C9H20N2O3S/c1-4-5-11-9(12)8(2)10-6-7-15(3,13)14/h8,10H,4-7H2,1-3H3,(H,11,12). The molecule has 0 fully saturated rings. The normalized spacial score (nSPS) is 13.5. The fourth-order valence-electron chi connectivity index (χ4n) is 0.955. The fourth-order valence-corrected chi connectivity index (χ4v) is 1.44. The molecule has 2 N–H and O–H groups in total. The Hall–Kier alpha value is -0.620. The highest BCUT2D eigenvalue weighted by Gasteiger charge is 2.11. The van der Waals surface area contributed by atoms with Crippen molar-refractivity contribution in [3.8, 4) is 0 Å². The van der Waals surface area contributed by atoms with Gasteiger partial charge < -0.3 is 10.6 Å². The maximum absolute atomic E-state index is 11.3. The number of amides is 1. The molecule has 15 heavy (non-hydrogen) atoms. The third-order valence-electron chi connectivity index (χ3n) is 1.87. The lowest BCUT2D eigenvalue weighted by molar-refractivity contribution is -0.122. The zero-order valence-electron chi connectivity index (χ0n) is 9.54. The molecule has 1 unspecified atom stereocenters. The van der Waals surface area contributed by atoms with E-state index in [4.69, 9.17) is 0 Å². The summed E-state index contributed by atoms with van der Waals surface area (Å²) in [6, 6.07) is -0.349. The van der Waals surface area contributed by atoms with Crippen molar-refractivity contribution < 1.29 is 13.2 Å². The topological polar surface area (TPSA) is 75.3 Å². The van der Waals surface area contributed by atoms with Gasteiger partial charge in [-0.15, -0.1) is 0 Å². The Morgan fingerprint density at radius 1 is 1.33 bits per heavy atom. The van der Waals surface area contributed by atoms with Crippen molar-refractivity contribution in [1.29, 1.82) is 0 Å². The molecule has 0 aromatic carbocycles. The van der Waals surface area contributed by atoms with Crippen molar-refractivity contribution in [2.75, 3.05) is 25.1 Å². The van der Waals surface area contributed by atoms with E-state index in [1.807, 2.05) is 6.92 Å². The van der Waals surface area contributed by atoms with Crippen molar-refractivity contribution in [3.63, 3.8) is 0 Å². The molecule has 1 amide bonds. The lowest BCUT2D eigenvalue weighted by Gasteiger charge is -2.12. The van der Waals surface area contributed by atoms with Gasteiger partial charge in [-0.2, -0.15) is 0 Å². The number of rotatable bonds is 7.